The van der Waals surface area contributed by atoms with Gasteiger partial charge in [0.05, 0.1) is 18.6 Å². The normalized spacial score (nSPS) is 20.2. The van der Waals surface area contributed by atoms with Crippen molar-refractivity contribution in [1.82, 2.24) is 15.5 Å². The minimum absolute atomic E-state index is 0.100. The first-order chi connectivity index (χ1) is 14.4. The lowest BCUT2D eigenvalue weighted by Crippen LogP contribution is -2.44. The second kappa shape index (κ2) is 8.26. The molecule has 0 spiro atoms. The smallest absolute Gasteiger partial charge is 0.251 e. The summed E-state index contributed by atoms with van der Waals surface area (Å²) in [7, 11) is 1.66. The van der Waals surface area contributed by atoms with Gasteiger partial charge in [-0.25, -0.2) is 4.39 Å². The van der Waals surface area contributed by atoms with Crippen molar-refractivity contribution in [2.75, 3.05) is 13.6 Å². The standard InChI is InChI=1S/C23H24FN3O3/c1-27-21(29)12-19(22(27)15-7-9-18(24)10-8-15)26-20(28)13-25-23(30)17-6-5-14-3-2-4-16(14)11-17/h5-11,19,22H,2-4,12-13H2,1H3,(H,25,30)(H,26,28). The molecule has 1 saturated heterocycles. The number of halogens is 1. The number of carbonyl (C=O) groups excluding carboxylic acids is 3. The van der Waals surface area contributed by atoms with Crippen LogP contribution in [0.15, 0.2) is 42.5 Å². The van der Waals surface area contributed by atoms with Crippen LogP contribution in [0.25, 0.3) is 0 Å². The molecule has 1 heterocycles. The van der Waals surface area contributed by atoms with Crippen LogP contribution in [0.2, 0.25) is 0 Å². The van der Waals surface area contributed by atoms with Crippen molar-refractivity contribution in [3.05, 3.63) is 70.5 Å². The van der Waals surface area contributed by atoms with Crippen LogP contribution in [-0.2, 0) is 22.4 Å². The Bertz CT molecular complexity index is 990. The fraction of sp³-hybridized carbons (Fsp3) is 0.348. The first-order valence-corrected chi connectivity index (χ1v) is 10.1. The zero-order chi connectivity index (χ0) is 21.3. The number of aryl methyl sites for hydroxylation is 2. The zero-order valence-electron chi connectivity index (χ0n) is 16.8. The largest absolute Gasteiger partial charge is 0.349 e. The lowest BCUT2D eigenvalue weighted by molar-refractivity contribution is -0.127. The molecule has 1 aliphatic carbocycles. The Balaban J connectivity index is 1.37. The number of rotatable bonds is 5. The summed E-state index contributed by atoms with van der Waals surface area (Å²) in [6.07, 6.45) is 3.28. The quantitative estimate of drug-likeness (QED) is 0.794. The molecule has 0 saturated carbocycles. The summed E-state index contributed by atoms with van der Waals surface area (Å²) < 4.78 is 13.3. The van der Waals surface area contributed by atoms with E-state index in [4.69, 9.17) is 0 Å². The van der Waals surface area contributed by atoms with E-state index in [0.29, 0.717) is 5.56 Å². The van der Waals surface area contributed by atoms with E-state index in [1.54, 1.807) is 30.1 Å². The number of likely N-dealkylation sites (N-methyl/N-ethyl adjacent to an activating group) is 1. The Labute approximate surface area is 174 Å². The molecular weight excluding hydrogens is 385 g/mol. The maximum absolute atomic E-state index is 13.3. The predicted octanol–water partition coefficient (Wildman–Crippen LogP) is 2.13. The Morgan fingerprint density at radius 1 is 1.10 bits per heavy atom. The van der Waals surface area contributed by atoms with E-state index in [2.05, 4.69) is 10.6 Å². The van der Waals surface area contributed by atoms with Gasteiger partial charge in [0, 0.05) is 19.0 Å². The Morgan fingerprint density at radius 3 is 2.60 bits per heavy atom. The summed E-state index contributed by atoms with van der Waals surface area (Å²) in [4.78, 5) is 38.6. The number of hydrogen-bond acceptors (Lipinski definition) is 3. The van der Waals surface area contributed by atoms with Gasteiger partial charge in [-0.3, -0.25) is 14.4 Å². The minimum atomic E-state index is -0.447. The van der Waals surface area contributed by atoms with Gasteiger partial charge in [0.15, 0.2) is 0 Å². The lowest BCUT2D eigenvalue weighted by Gasteiger charge is -2.26. The third kappa shape index (κ3) is 4.06. The molecule has 1 fully saturated rings. The molecule has 3 amide bonds. The molecule has 0 radical (unpaired) electrons. The first kappa shape index (κ1) is 20.1. The van der Waals surface area contributed by atoms with E-state index in [1.165, 1.54) is 23.3 Å². The summed E-state index contributed by atoms with van der Waals surface area (Å²) >= 11 is 0. The van der Waals surface area contributed by atoms with Crippen molar-refractivity contribution in [3.63, 3.8) is 0 Å². The van der Waals surface area contributed by atoms with Gasteiger partial charge < -0.3 is 15.5 Å². The van der Waals surface area contributed by atoms with E-state index in [0.717, 1.165) is 24.8 Å². The van der Waals surface area contributed by atoms with Gasteiger partial charge in [0.2, 0.25) is 11.8 Å². The van der Waals surface area contributed by atoms with E-state index >= 15 is 0 Å². The van der Waals surface area contributed by atoms with Gasteiger partial charge >= 0.3 is 0 Å². The number of likely N-dealkylation sites (tertiary alicyclic amines) is 1. The van der Waals surface area contributed by atoms with E-state index in [1.807, 2.05) is 12.1 Å². The van der Waals surface area contributed by atoms with E-state index < -0.39 is 6.04 Å². The Hall–Kier alpha value is -3.22. The van der Waals surface area contributed by atoms with Crippen LogP contribution in [0.3, 0.4) is 0 Å². The lowest BCUT2D eigenvalue weighted by atomic mass is 10.00. The van der Waals surface area contributed by atoms with Crippen molar-refractivity contribution >= 4 is 17.7 Å². The van der Waals surface area contributed by atoms with Crippen LogP contribution in [-0.4, -0.2) is 42.3 Å². The number of carbonyl (C=O) groups is 3. The molecule has 156 valence electrons. The van der Waals surface area contributed by atoms with Gasteiger partial charge in [-0.2, -0.15) is 0 Å². The van der Waals surface area contributed by atoms with Crippen molar-refractivity contribution in [2.45, 2.75) is 37.8 Å². The average Bonchev–Trinajstić information content (AvgIpc) is 3.31. The third-order valence-electron chi connectivity index (χ3n) is 5.91. The predicted molar refractivity (Wildman–Crippen MR) is 109 cm³/mol. The summed E-state index contributed by atoms with van der Waals surface area (Å²) in [6.45, 7) is -0.180. The van der Waals surface area contributed by atoms with Gasteiger partial charge in [0.1, 0.15) is 5.82 Å². The summed E-state index contributed by atoms with van der Waals surface area (Å²) in [5.41, 5.74) is 3.77. The Kier molecular flexibility index (Phi) is 5.53. The molecular formula is C23H24FN3O3. The van der Waals surface area contributed by atoms with E-state index in [-0.39, 0.29) is 42.5 Å². The topological polar surface area (TPSA) is 78.5 Å². The fourth-order valence-electron chi connectivity index (χ4n) is 4.35. The molecule has 2 atom stereocenters. The monoisotopic (exact) mass is 409 g/mol. The summed E-state index contributed by atoms with van der Waals surface area (Å²) in [5, 5.41) is 5.49. The van der Waals surface area contributed by atoms with Crippen molar-refractivity contribution in [2.24, 2.45) is 0 Å². The second-order valence-electron chi connectivity index (χ2n) is 7.90. The number of nitrogens with one attached hydrogen (secondary N) is 2. The van der Waals surface area contributed by atoms with Gasteiger partial charge in [0.25, 0.3) is 5.91 Å². The van der Waals surface area contributed by atoms with E-state index in [9.17, 15) is 18.8 Å². The molecule has 30 heavy (non-hydrogen) atoms. The highest BCUT2D eigenvalue weighted by molar-refractivity contribution is 5.96. The molecule has 1 aliphatic heterocycles. The van der Waals surface area contributed by atoms with Gasteiger partial charge in [-0.1, -0.05) is 18.2 Å². The van der Waals surface area contributed by atoms with Crippen molar-refractivity contribution < 1.29 is 18.8 Å². The second-order valence-corrected chi connectivity index (χ2v) is 7.90. The third-order valence-corrected chi connectivity index (χ3v) is 5.91. The maximum atomic E-state index is 13.3. The number of nitrogens with zero attached hydrogens (tertiary/aromatic N) is 1. The Morgan fingerprint density at radius 2 is 1.83 bits per heavy atom. The average molecular weight is 409 g/mol. The molecule has 7 heteroatoms. The molecule has 2 aromatic rings. The van der Waals surface area contributed by atoms with Crippen LogP contribution in [0, 0.1) is 5.82 Å². The SMILES string of the molecule is CN1C(=O)CC(NC(=O)CNC(=O)c2ccc3c(c2)CCC3)C1c1ccc(F)cc1. The number of hydrogen-bond donors (Lipinski definition) is 2. The first-order valence-electron chi connectivity index (χ1n) is 10.1. The number of fused-ring (bicyclic) bond motifs is 1. The van der Waals surface area contributed by atoms with Crippen LogP contribution in [0.4, 0.5) is 4.39 Å². The number of amides is 3. The fourth-order valence-corrected chi connectivity index (χ4v) is 4.35. The van der Waals surface area contributed by atoms with Gasteiger partial charge in [-0.15, -0.1) is 0 Å². The van der Waals surface area contributed by atoms with Crippen LogP contribution in [0.1, 0.15) is 45.9 Å². The molecule has 2 aliphatic rings. The van der Waals surface area contributed by atoms with Crippen molar-refractivity contribution in [1.29, 1.82) is 0 Å². The highest BCUT2D eigenvalue weighted by atomic mass is 19.1. The van der Waals surface area contributed by atoms with Crippen LogP contribution in [0.5, 0.6) is 0 Å². The zero-order valence-corrected chi connectivity index (χ0v) is 16.8. The molecule has 2 N–H and O–H groups in total. The maximum Gasteiger partial charge on any atom is 0.251 e. The highest BCUT2D eigenvalue weighted by Gasteiger charge is 2.39. The molecule has 0 aromatic heterocycles. The van der Waals surface area contributed by atoms with Gasteiger partial charge in [-0.05, 0) is 60.2 Å². The molecule has 6 nitrogen and oxygen atoms in total. The summed E-state index contributed by atoms with van der Waals surface area (Å²) in [6, 6.07) is 10.7. The molecule has 0 bridgehead atoms. The molecule has 2 unspecified atom stereocenters. The molecule has 4 rings (SSSR count). The van der Waals surface area contributed by atoms with Crippen molar-refractivity contribution in [3.8, 4) is 0 Å². The van der Waals surface area contributed by atoms with Crippen LogP contribution >= 0.6 is 0 Å². The molecule has 2 aromatic carbocycles. The number of benzene rings is 2. The summed E-state index contributed by atoms with van der Waals surface area (Å²) in [5.74, 6) is -1.13. The minimum Gasteiger partial charge on any atom is -0.349 e. The highest BCUT2D eigenvalue weighted by Crippen LogP contribution is 2.32. The van der Waals surface area contributed by atoms with Crippen LogP contribution < -0.4 is 10.6 Å².